The zero-order chi connectivity index (χ0) is 10.8. The molecule has 0 saturated heterocycles. The number of anilines is 1. The molecule has 0 saturated carbocycles. The van der Waals surface area contributed by atoms with Crippen LogP contribution in [0.2, 0.25) is 5.02 Å². The minimum Gasteiger partial charge on any atom is -0.419 e. The molecule has 0 atom stereocenters. The molecule has 0 spiro atoms. The Morgan fingerprint density at radius 1 is 1.47 bits per heavy atom. The molecule has 0 aliphatic carbocycles. The van der Waals surface area contributed by atoms with Gasteiger partial charge < -0.3 is 10.5 Å². The summed E-state index contributed by atoms with van der Waals surface area (Å²) in [5.41, 5.74) is 6.16. The molecule has 0 radical (unpaired) electrons. The summed E-state index contributed by atoms with van der Waals surface area (Å²) >= 11 is 5.92. The molecule has 1 aromatic carbocycles. The first-order chi connectivity index (χ1) is 7.16. The molecule has 0 bridgehead atoms. The molecule has 1 aromatic heterocycles. The van der Waals surface area contributed by atoms with Crippen molar-refractivity contribution in [2.45, 2.75) is 0 Å². The predicted octanol–water partition coefficient (Wildman–Crippen LogP) is 1.84. The van der Waals surface area contributed by atoms with Gasteiger partial charge in [0.15, 0.2) is 5.75 Å². The maximum Gasteiger partial charge on any atom is 0.341 e. The SMILES string of the molecule is Cn1cnc(Oc2c(N)cccc2Cl)n1. The number of hydrogen-bond donors (Lipinski definition) is 1. The molecule has 2 aromatic rings. The summed E-state index contributed by atoms with van der Waals surface area (Å²) in [7, 11) is 1.75. The van der Waals surface area contributed by atoms with Gasteiger partial charge in [0.1, 0.15) is 6.33 Å². The topological polar surface area (TPSA) is 66.0 Å². The fourth-order valence-corrected chi connectivity index (χ4v) is 1.31. The summed E-state index contributed by atoms with van der Waals surface area (Å²) in [6, 6.07) is 5.36. The van der Waals surface area contributed by atoms with Crippen LogP contribution in [0.15, 0.2) is 24.5 Å². The number of nitrogen functional groups attached to an aromatic ring is 1. The second kappa shape index (κ2) is 3.78. The van der Waals surface area contributed by atoms with Gasteiger partial charge in [-0.05, 0) is 12.1 Å². The number of nitrogens with zero attached hydrogens (tertiary/aromatic N) is 3. The lowest BCUT2D eigenvalue weighted by Crippen LogP contribution is -1.94. The molecule has 0 amide bonds. The number of aryl methyl sites for hydroxylation is 1. The van der Waals surface area contributed by atoms with Crippen LogP contribution in [0.1, 0.15) is 0 Å². The van der Waals surface area contributed by atoms with Crippen LogP contribution in [0, 0.1) is 0 Å². The van der Waals surface area contributed by atoms with Crippen molar-refractivity contribution in [2.75, 3.05) is 5.73 Å². The Bertz CT molecular complexity index is 462. The van der Waals surface area contributed by atoms with Crippen LogP contribution in [0.5, 0.6) is 11.8 Å². The number of hydrogen-bond acceptors (Lipinski definition) is 4. The third kappa shape index (κ3) is 2.02. The highest BCUT2D eigenvalue weighted by molar-refractivity contribution is 6.32. The number of nitrogens with two attached hydrogens (primary N) is 1. The molecular formula is C9H9ClN4O. The molecule has 0 aliphatic heterocycles. The number of benzene rings is 1. The van der Waals surface area contributed by atoms with Gasteiger partial charge in [-0.1, -0.05) is 17.7 Å². The molecule has 0 aliphatic rings. The smallest absolute Gasteiger partial charge is 0.341 e. The summed E-state index contributed by atoms with van der Waals surface area (Å²) in [5, 5.41) is 4.39. The normalized spacial score (nSPS) is 10.3. The maximum absolute atomic E-state index is 5.92. The average molecular weight is 225 g/mol. The van der Waals surface area contributed by atoms with E-state index in [0.29, 0.717) is 16.5 Å². The average Bonchev–Trinajstić information content (AvgIpc) is 2.58. The van der Waals surface area contributed by atoms with E-state index in [9.17, 15) is 0 Å². The van der Waals surface area contributed by atoms with Crippen LogP contribution in [-0.2, 0) is 7.05 Å². The Morgan fingerprint density at radius 3 is 2.87 bits per heavy atom. The first kappa shape index (κ1) is 9.79. The molecule has 0 fully saturated rings. The van der Waals surface area contributed by atoms with Crippen molar-refractivity contribution in [1.29, 1.82) is 0 Å². The Kier molecular flexibility index (Phi) is 2.47. The molecule has 0 unspecified atom stereocenters. The molecule has 2 N–H and O–H groups in total. The van der Waals surface area contributed by atoms with Crippen molar-refractivity contribution in [3.05, 3.63) is 29.5 Å². The van der Waals surface area contributed by atoms with E-state index >= 15 is 0 Å². The molecule has 6 heteroatoms. The van der Waals surface area contributed by atoms with Crippen LogP contribution in [0.3, 0.4) is 0 Å². The van der Waals surface area contributed by atoms with Gasteiger partial charge in [0.05, 0.1) is 10.7 Å². The van der Waals surface area contributed by atoms with Crippen molar-refractivity contribution >= 4 is 17.3 Å². The standard InChI is InChI=1S/C9H9ClN4O/c1-14-5-12-9(13-14)15-8-6(10)3-2-4-7(8)11/h2-5H,11H2,1H3. The van der Waals surface area contributed by atoms with Crippen LogP contribution >= 0.6 is 11.6 Å². The molecule has 1 heterocycles. The monoisotopic (exact) mass is 224 g/mol. The lowest BCUT2D eigenvalue weighted by atomic mass is 10.3. The van der Waals surface area contributed by atoms with Gasteiger partial charge in [0.25, 0.3) is 0 Å². The van der Waals surface area contributed by atoms with Crippen molar-refractivity contribution < 1.29 is 4.74 Å². The molecular weight excluding hydrogens is 216 g/mol. The quantitative estimate of drug-likeness (QED) is 0.791. The van der Waals surface area contributed by atoms with Gasteiger partial charge in [-0.25, -0.2) is 0 Å². The largest absolute Gasteiger partial charge is 0.419 e. The lowest BCUT2D eigenvalue weighted by Gasteiger charge is -2.05. The van der Waals surface area contributed by atoms with Crippen molar-refractivity contribution in [2.24, 2.45) is 7.05 Å². The third-order valence-electron chi connectivity index (χ3n) is 1.77. The molecule has 78 valence electrons. The number of ether oxygens (including phenoxy) is 1. The minimum atomic E-state index is 0.220. The second-order valence-corrected chi connectivity index (χ2v) is 3.37. The Morgan fingerprint density at radius 2 is 2.27 bits per heavy atom. The van der Waals surface area contributed by atoms with E-state index in [1.807, 2.05) is 0 Å². The summed E-state index contributed by atoms with van der Waals surface area (Å²) in [4.78, 5) is 3.91. The van der Waals surface area contributed by atoms with E-state index in [1.54, 1.807) is 25.2 Å². The van der Waals surface area contributed by atoms with Crippen molar-refractivity contribution in [3.8, 4) is 11.8 Å². The van der Waals surface area contributed by atoms with Gasteiger partial charge >= 0.3 is 6.01 Å². The Balaban J connectivity index is 2.31. The summed E-state index contributed by atoms with van der Waals surface area (Å²) in [5.74, 6) is 0.380. The Hall–Kier alpha value is -1.75. The van der Waals surface area contributed by atoms with E-state index in [4.69, 9.17) is 22.1 Å². The van der Waals surface area contributed by atoms with Gasteiger partial charge in [0.2, 0.25) is 0 Å². The number of rotatable bonds is 2. The highest BCUT2D eigenvalue weighted by Crippen LogP contribution is 2.33. The van der Waals surface area contributed by atoms with E-state index in [1.165, 1.54) is 11.0 Å². The molecule has 5 nitrogen and oxygen atoms in total. The summed E-state index contributed by atoms with van der Waals surface area (Å²) in [6.45, 7) is 0. The summed E-state index contributed by atoms with van der Waals surface area (Å²) < 4.78 is 6.89. The molecule has 2 rings (SSSR count). The van der Waals surface area contributed by atoms with Gasteiger partial charge in [-0.2, -0.15) is 4.98 Å². The highest BCUT2D eigenvalue weighted by Gasteiger charge is 2.09. The van der Waals surface area contributed by atoms with Crippen LogP contribution in [0.4, 0.5) is 5.69 Å². The first-order valence-electron chi connectivity index (χ1n) is 4.24. The fraction of sp³-hybridized carbons (Fsp3) is 0.111. The lowest BCUT2D eigenvalue weighted by molar-refractivity contribution is 0.441. The van der Waals surface area contributed by atoms with E-state index < -0.39 is 0 Å². The number of para-hydroxylation sites is 1. The second-order valence-electron chi connectivity index (χ2n) is 2.96. The zero-order valence-electron chi connectivity index (χ0n) is 8.01. The highest BCUT2D eigenvalue weighted by atomic mass is 35.5. The minimum absolute atomic E-state index is 0.220. The van der Waals surface area contributed by atoms with Crippen molar-refractivity contribution in [3.63, 3.8) is 0 Å². The Labute approximate surface area is 91.4 Å². The van der Waals surface area contributed by atoms with Crippen molar-refractivity contribution in [1.82, 2.24) is 14.8 Å². The third-order valence-corrected chi connectivity index (χ3v) is 2.07. The van der Waals surface area contributed by atoms with Crippen LogP contribution in [0.25, 0.3) is 0 Å². The number of aromatic nitrogens is 3. The van der Waals surface area contributed by atoms with E-state index in [2.05, 4.69) is 10.1 Å². The van der Waals surface area contributed by atoms with Crippen LogP contribution in [-0.4, -0.2) is 14.8 Å². The van der Waals surface area contributed by atoms with E-state index in [-0.39, 0.29) is 6.01 Å². The van der Waals surface area contributed by atoms with Crippen LogP contribution < -0.4 is 10.5 Å². The van der Waals surface area contributed by atoms with Gasteiger partial charge in [-0.3, -0.25) is 4.68 Å². The first-order valence-corrected chi connectivity index (χ1v) is 4.62. The zero-order valence-corrected chi connectivity index (χ0v) is 8.77. The fourth-order valence-electron chi connectivity index (χ4n) is 1.09. The predicted molar refractivity (Wildman–Crippen MR) is 56.9 cm³/mol. The molecule has 15 heavy (non-hydrogen) atoms. The summed E-state index contributed by atoms with van der Waals surface area (Å²) in [6.07, 6.45) is 1.53. The maximum atomic E-state index is 5.92. The van der Waals surface area contributed by atoms with Gasteiger partial charge in [-0.15, -0.1) is 5.10 Å². The number of halogens is 1. The van der Waals surface area contributed by atoms with E-state index in [0.717, 1.165) is 0 Å². The van der Waals surface area contributed by atoms with Gasteiger partial charge in [0, 0.05) is 7.05 Å².